The molecular weight excluding hydrogens is 1200 g/mol. The molecule has 11 N–H and O–H groups in total. The molecule has 7 aliphatic rings. The van der Waals surface area contributed by atoms with Crippen LogP contribution in [0, 0.1) is 76.9 Å². The van der Waals surface area contributed by atoms with E-state index in [0.29, 0.717) is 93.1 Å². The zero-order valence-electron chi connectivity index (χ0n) is 55.8. The number of carbonyl (C=O) groups excluding carboxylic acids is 2. The van der Waals surface area contributed by atoms with Gasteiger partial charge in [0.2, 0.25) is 0 Å². The summed E-state index contributed by atoms with van der Waals surface area (Å²) >= 11 is 0. The molecule has 3 saturated carbocycles. The summed E-state index contributed by atoms with van der Waals surface area (Å²) in [6.07, 6.45) is 12.7. The minimum absolute atomic E-state index is 0.0460. The number of dihydropyridines is 1. The van der Waals surface area contributed by atoms with Crippen LogP contribution in [0.5, 0.6) is 23.0 Å². The first kappa shape index (κ1) is 66.8. The molecule has 1 spiro atoms. The van der Waals surface area contributed by atoms with Gasteiger partial charge < -0.3 is 61.4 Å². The normalized spacial score (nSPS) is 30.1. The van der Waals surface area contributed by atoms with Gasteiger partial charge in [0.1, 0.15) is 17.3 Å². The van der Waals surface area contributed by atoms with Crippen LogP contribution in [0.4, 0.5) is 5.69 Å². The average molecular weight is 1300 g/mol. The number of ether oxygens (including phenoxy) is 1. The number of methoxy groups -OCH3 is 1. The third kappa shape index (κ3) is 13.8. The van der Waals surface area contributed by atoms with E-state index in [1.165, 1.54) is 7.11 Å². The van der Waals surface area contributed by atoms with Crippen LogP contribution in [0.15, 0.2) is 127 Å². The smallest absolute Gasteiger partial charge is 0.173 e. The second-order valence-electron chi connectivity index (χ2n) is 29.3. The molecule has 14 nitrogen and oxygen atoms in total. The van der Waals surface area contributed by atoms with Crippen molar-refractivity contribution in [3.8, 4) is 46.7 Å². The lowest BCUT2D eigenvalue weighted by Gasteiger charge is -2.46. The number of aromatic hydroxyl groups is 3. The maximum atomic E-state index is 15.9. The molecule has 96 heavy (non-hydrogen) atoms. The number of aromatic nitrogens is 1. The Morgan fingerprint density at radius 2 is 1.57 bits per heavy atom. The lowest BCUT2D eigenvalue weighted by Crippen LogP contribution is -2.48. The van der Waals surface area contributed by atoms with Gasteiger partial charge in [-0.3, -0.25) is 9.59 Å². The van der Waals surface area contributed by atoms with Gasteiger partial charge in [0.25, 0.3) is 0 Å². The van der Waals surface area contributed by atoms with Gasteiger partial charge in [-0.05, 0) is 210 Å². The quantitative estimate of drug-likeness (QED) is 0.0551. The fourth-order valence-corrected chi connectivity index (χ4v) is 18.4. The number of rotatable bonds is 6. The van der Waals surface area contributed by atoms with Gasteiger partial charge >= 0.3 is 0 Å². The molecule has 1 aromatic heterocycles. The molecule has 504 valence electrons. The molecular formula is C82H96N4O10. The maximum Gasteiger partial charge on any atom is 0.173 e. The van der Waals surface area contributed by atoms with Crippen LogP contribution in [0.3, 0.4) is 0 Å². The number of aliphatic hydroxyl groups excluding tert-OH is 4. The number of fused-ring (bicyclic) bond motifs is 16. The highest BCUT2D eigenvalue weighted by molar-refractivity contribution is 6.06. The van der Waals surface area contributed by atoms with E-state index in [1.54, 1.807) is 18.2 Å². The van der Waals surface area contributed by atoms with E-state index in [2.05, 4.69) is 95.0 Å². The van der Waals surface area contributed by atoms with E-state index in [0.717, 1.165) is 88.9 Å². The molecule has 5 aliphatic carbocycles. The van der Waals surface area contributed by atoms with E-state index in [9.17, 15) is 40.5 Å². The molecule has 6 aromatic rings. The van der Waals surface area contributed by atoms with E-state index in [4.69, 9.17) is 4.74 Å². The standard InChI is InChI=1S/C82H96N4O10/c1-4-12-66-58-35-56-34-52-22-25-68(70-43-74(91)75(96-3)39-53(70)23-26-73(90)80(94)79(93)71(52)38-58)67-17-7-6-16-65(67)57-33-51(69(60(36-57)47-87)32-49-13-10-15-62(88)31-49)14-11-18-64(56)54-27-30-84-77(41-54)86-61-24-21-50-19-20-55(78(92)72(50)42-61)37-63(89)46-83-44-48(2)59-40-76(85-45-59)82(81(66)95)28-8-5-9-29-82/h6-7,10,13,15-17,19-21,24,27,31,39-43,45,48,51-52,56-58,60,63-64,66,68-69,71,80-81,83-89,91-92,94-95H,4-5,8-9,12,18,23,26,28-30,32-38,44,46-47H2,1-3H3/t48-,51+,52-,56+,57-,58-,60-,63+,64-,66+,68-,69-,71-,80-,81-/m1/s1. The molecule has 3 fully saturated rings. The van der Waals surface area contributed by atoms with Crippen molar-refractivity contribution in [1.82, 2.24) is 15.6 Å². The summed E-state index contributed by atoms with van der Waals surface area (Å²) in [6, 6.07) is 31.3. The van der Waals surface area contributed by atoms with Crippen molar-refractivity contribution >= 4 is 28.0 Å². The SMILES string of the molecule is CCC[C@H]1[C@@H]2C[C@@H]3C[C@H]4C#C[C@@H](c5cc(O)c(OC)cc5CCC(=O)[C@@H](O)C(=O)[C@@H]4C2)c2ccccc2[C@H]2C[C@H](CO)[C@H](Cc4cccc(O)c4)[C@@H](C#CC[C@@H]3C3=CCNC(=C3)Nc3ccc4ccc(c(O)c4c3)C[C@H](O)CNC[C@@H](C)c3c[nH]c(c3)C3(CCCCC3)[C@@H]1O)C2. The first-order valence-electron chi connectivity index (χ1n) is 35.6. The van der Waals surface area contributed by atoms with Crippen LogP contribution in [0.25, 0.3) is 10.8 Å². The lowest BCUT2D eigenvalue weighted by atomic mass is 9.61. The lowest BCUT2D eigenvalue weighted by molar-refractivity contribution is -0.142. The molecule has 13 bridgehead atoms. The third-order valence-corrected chi connectivity index (χ3v) is 23.5. The minimum atomic E-state index is -1.92. The second-order valence-corrected chi connectivity index (χ2v) is 29.3. The van der Waals surface area contributed by atoms with Crippen molar-refractivity contribution in [2.45, 2.75) is 164 Å². The van der Waals surface area contributed by atoms with Crippen molar-refractivity contribution in [3.05, 3.63) is 171 Å². The van der Waals surface area contributed by atoms with Gasteiger partial charge in [0.05, 0.1) is 25.2 Å². The summed E-state index contributed by atoms with van der Waals surface area (Å²) in [5.74, 6) is 11.8. The van der Waals surface area contributed by atoms with Crippen molar-refractivity contribution in [1.29, 1.82) is 0 Å². The third-order valence-electron chi connectivity index (χ3n) is 23.5. The Morgan fingerprint density at radius 3 is 2.38 bits per heavy atom. The van der Waals surface area contributed by atoms with Crippen molar-refractivity contribution in [2.75, 3.05) is 38.7 Å². The Labute approximate surface area is 565 Å². The number of aryl methyl sites for hydroxylation is 1. The molecule has 0 unspecified atom stereocenters. The number of allylic oxidation sites excluding steroid dienone is 2. The number of nitrogens with one attached hydrogen (secondary N) is 4. The molecule has 0 radical (unpaired) electrons. The Morgan fingerprint density at radius 1 is 0.750 bits per heavy atom. The fourth-order valence-electron chi connectivity index (χ4n) is 18.4. The summed E-state index contributed by atoms with van der Waals surface area (Å²) < 4.78 is 5.73. The number of β-amino-alcohol motifs (C(OH)–C–C–N with tert-alkyl or cyclic N) is 1. The summed E-state index contributed by atoms with van der Waals surface area (Å²) in [7, 11) is 1.49. The molecule has 3 heterocycles. The maximum absolute atomic E-state index is 15.9. The van der Waals surface area contributed by atoms with Gasteiger partial charge in [-0.25, -0.2) is 0 Å². The number of Topliss-reactive ketones (excluding diaryl/α,β-unsaturated/α-hetero) is 2. The Balaban J connectivity index is 1.04. The van der Waals surface area contributed by atoms with Crippen LogP contribution in [0.2, 0.25) is 0 Å². The summed E-state index contributed by atoms with van der Waals surface area (Å²) in [5.41, 5.74) is 8.23. The Bertz CT molecular complexity index is 4030. The van der Waals surface area contributed by atoms with Gasteiger partial charge in [-0.1, -0.05) is 118 Å². The van der Waals surface area contributed by atoms with Gasteiger partial charge in [0.15, 0.2) is 29.2 Å². The molecule has 14 heteroatoms. The van der Waals surface area contributed by atoms with E-state index in [-0.39, 0.29) is 102 Å². The van der Waals surface area contributed by atoms with Crippen LogP contribution in [-0.4, -0.2) is 104 Å². The summed E-state index contributed by atoms with van der Waals surface area (Å²) in [6.45, 7) is 5.66. The topological polar surface area (TPSA) is 237 Å². The van der Waals surface area contributed by atoms with Crippen LogP contribution >= 0.6 is 0 Å². The van der Waals surface area contributed by atoms with Crippen molar-refractivity contribution < 1.29 is 50.1 Å². The van der Waals surface area contributed by atoms with Crippen LogP contribution in [-0.2, 0) is 34.3 Å². The first-order chi connectivity index (χ1) is 46.6. The van der Waals surface area contributed by atoms with E-state index in [1.807, 2.05) is 60.7 Å². The number of ketones is 2. The summed E-state index contributed by atoms with van der Waals surface area (Å²) in [5, 5.41) is 96.5. The molecule has 13 rings (SSSR count). The zero-order valence-corrected chi connectivity index (χ0v) is 55.8. The largest absolute Gasteiger partial charge is 0.508 e. The van der Waals surface area contributed by atoms with Crippen LogP contribution < -0.4 is 20.7 Å². The number of phenolic OH excluding ortho intramolecular Hbond substituents is 3. The number of H-pyrrole nitrogens is 1. The number of aromatic amines is 1. The predicted molar refractivity (Wildman–Crippen MR) is 374 cm³/mol. The number of anilines is 1. The van der Waals surface area contributed by atoms with E-state index >= 15 is 4.79 Å². The second kappa shape index (κ2) is 29.1. The molecule has 0 amide bonds. The van der Waals surface area contributed by atoms with E-state index < -0.39 is 53.0 Å². The van der Waals surface area contributed by atoms with Gasteiger partial charge in [-0.2, -0.15) is 0 Å². The first-order valence-corrected chi connectivity index (χ1v) is 35.6. The molecule has 2 aliphatic heterocycles. The summed E-state index contributed by atoms with van der Waals surface area (Å²) in [4.78, 5) is 34.5. The fraction of sp³-hybridized carbons (Fsp3) is 0.488. The minimum Gasteiger partial charge on any atom is -0.508 e. The van der Waals surface area contributed by atoms with Crippen molar-refractivity contribution in [2.24, 2.45) is 53.3 Å². The number of benzene rings is 5. The molecule has 0 saturated heterocycles. The monoisotopic (exact) mass is 1300 g/mol. The highest BCUT2D eigenvalue weighted by Crippen LogP contribution is 2.54. The van der Waals surface area contributed by atoms with Gasteiger partial charge in [-0.15, -0.1) is 5.92 Å². The molecule has 15 atom stereocenters. The van der Waals surface area contributed by atoms with Crippen LogP contribution in [0.1, 0.15) is 166 Å². The Kier molecular flexibility index (Phi) is 20.2. The Hall–Kier alpha value is -7.82. The number of hydrogen-bond donors (Lipinski definition) is 11. The number of phenols is 3. The number of hydrogen-bond acceptors (Lipinski definition) is 13. The zero-order chi connectivity index (χ0) is 66.8. The number of aliphatic hydroxyl groups is 4. The highest BCUT2D eigenvalue weighted by atomic mass is 16.5. The highest BCUT2D eigenvalue weighted by Gasteiger charge is 2.51. The predicted octanol–water partition coefficient (Wildman–Crippen LogP) is 12.3. The number of carbonyl (C=O) groups is 2. The van der Waals surface area contributed by atoms with Gasteiger partial charge in [0, 0.05) is 91.6 Å². The van der Waals surface area contributed by atoms with Crippen molar-refractivity contribution in [3.63, 3.8) is 0 Å². The average Bonchev–Trinajstić information content (AvgIpc) is 1.37. The molecule has 5 aromatic carbocycles.